The molecule has 1 aromatic carbocycles. The molecule has 1 aromatic heterocycles. The number of anilines is 1. The van der Waals surface area contributed by atoms with Gasteiger partial charge in [0.15, 0.2) is 0 Å². The third-order valence-corrected chi connectivity index (χ3v) is 5.14. The molecule has 112 valence electrons. The molecule has 0 bridgehead atoms. The summed E-state index contributed by atoms with van der Waals surface area (Å²) in [6.07, 6.45) is 0. The monoisotopic (exact) mass is 327 g/mol. The second-order valence-corrected chi connectivity index (χ2v) is 6.78. The number of phenolic OH excluding ortho intramolecular Hbond substituents is 1. The number of carbonyl (C=O) groups excluding carboxylic acids is 1. The largest absolute Gasteiger partial charge is 0.508 e. The van der Waals surface area contributed by atoms with E-state index in [9.17, 15) is 18.3 Å². The molecule has 6 nitrogen and oxygen atoms in total. The van der Waals surface area contributed by atoms with E-state index in [0.717, 1.165) is 17.4 Å². The van der Waals surface area contributed by atoms with E-state index in [0.29, 0.717) is 5.56 Å². The third-order valence-electron chi connectivity index (χ3n) is 2.71. The molecule has 1 heterocycles. The first kappa shape index (κ1) is 15.3. The lowest BCUT2D eigenvalue weighted by Crippen LogP contribution is -2.15. The fourth-order valence-corrected chi connectivity index (χ4v) is 3.83. The highest BCUT2D eigenvalue weighted by Crippen LogP contribution is 2.30. The summed E-state index contributed by atoms with van der Waals surface area (Å²) in [5.41, 5.74) is 0.805. The Labute approximate surface area is 126 Å². The molecule has 0 amide bonds. The Morgan fingerprint density at radius 2 is 2.10 bits per heavy atom. The van der Waals surface area contributed by atoms with Gasteiger partial charge >= 0.3 is 5.97 Å². The number of benzene rings is 1. The van der Waals surface area contributed by atoms with E-state index < -0.39 is 16.0 Å². The maximum Gasteiger partial charge on any atom is 0.350 e. The minimum Gasteiger partial charge on any atom is -0.508 e. The Bertz CT molecular complexity index is 780. The van der Waals surface area contributed by atoms with Crippen molar-refractivity contribution >= 4 is 33.0 Å². The molecule has 0 atom stereocenters. The van der Waals surface area contributed by atoms with Gasteiger partial charge in [0.2, 0.25) is 0 Å². The molecule has 2 rings (SSSR count). The van der Waals surface area contributed by atoms with Gasteiger partial charge in [0.1, 0.15) is 10.6 Å². The predicted octanol–water partition coefficient (Wildman–Crippen LogP) is 2.35. The van der Waals surface area contributed by atoms with Crippen molar-refractivity contribution in [2.45, 2.75) is 11.8 Å². The summed E-state index contributed by atoms with van der Waals surface area (Å²) >= 11 is 1.10. The van der Waals surface area contributed by atoms with Crippen LogP contribution in [0.15, 0.2) is 34.5 Å². The number of nitrogens with one attached hydrogen (secondary N) is 1. The lowest BCUT2D eigenvalue weighted by molar-refractivity contribution is 0.0607. The molecule has 8 heteroatoms. The van der Waals surface area contributed by atoms with E-state index in [4.69, 9.17) is 0 Å². The number of aromatic hydroxyl groups is 1. The van der Waals surface area contributed by atoms with Crippen LogP contribution in [-0.2, 0) is 14.8 Å². The Morgan fingerprint density at radius 3 is 2.71 bits per heavy atom. The van der Waals surface area contributed by atoms with Crippen LogP contribution < -0.4 is 4.72 Å². The van der Waals surface area contributed by atoms with Gasteiger partial charge in [0, 0.05) is 6.07 Å². The Morgan fingerprint density at radius 1 is 1.38 bits per heavy atom. The van der Waals surface area contributed by atoms with Crippen LogP contribution in [0.4, 0.5) is 5.69 Å². The molecule has 0 radical (unpaired) electrons. The van der Waals surface area contributed by atoms with Gasteiger partial charge in [-0.2, -0.15) is 0 Å². The topological polar surface area (TPSA) is 92.7 Å². The highest BCUT2D eigenvalue weighted by molar-refractivity contribution is 7.92. The summed E-state index contributed by atoms with van der Waals surface area (Å²) in [6, 6.07) is 5.27. The van der Waals surface area contributed by atoms with Crippen molar-refractivity contribution in [1.29, 1.82) is 0 Å². The molecule has 0 saturated carbocycles. The standard InChI is InChI=1S/C13H13NO5S2/c1-8-7-20-12(13(16)19-2)11(8)14-21(17,18)10-5-3-4-9(15)6-10/h3-7,14-15H,1-2H3. The second kappa shape index (κ2) is 5.74. The maximum absolute atomic E-state index is 12.3. The first-order valence-corrected chi connectivity index (χ1v) is 8.19. The third kappa shape index (κ3) is 3.17. The molecule has 0 aliphatic carbocycles. The summed E-state index contributed by atoms with van der Waals surface area (Å²) in [7, 11) is -2.68. The zero-order chi connectivity index (χ0) is 15.6. The van der Waals surface area contributed by atoms with Gasteiger partial charge in [-0.3, -0.25) is 4.72 Å². The smallest absolute Gasteiger partial charge is 0.350 e. The molecule has 0 aliphatic rings. The van der Waals surface area contributed by atoms with E-state index in [1.165, 1.54) is 25.3 Å². The average Bonchev–Trinajstić information content (AvgIpc) is 2.79. The first-order valence-electron chi connectivity index (χ1n) is 5.83. The number of phenols is 1. The summed E-state index contributed by atoms with van der Waals surface area (Å²) in [5.74, 6) is -0.769. The number of rotatable bonds is 4. The second-order valence-electron chi connectivity index (χ2n) is 4.22. The zero-order valence-corrected chi connectivity index (χ0v) is 12.9. The first-order chi connectivity index (χ1) is 9.85. The Hall–Kier alpha value is -2.06. The number of aryl methyl sites for hydroxylation is 1. The van der Waals surface area contributed by atoms with Crippen molar-refractivity contribution in [3.63, 3.8) is 0 Å². The van der Waals surface area contributed by atoms with Gasteiger partial charge < -0.3 is 9.84 Å². The quantitative estimate of drug-likeness (QED) is 0.841. The number of methoxy groups -OCH3 is 1. The van der Waals surface area contributed by atoms with Gasteiger partial charge in [-0.1, -0.05) is 6.07 Å². The minimum absolute atomic E-state index is 0.0936. The molecule has 21 heavy (non-hydrogen) atoms. The maximum atomic E-state index is 12.3. The number of esters is 1. The molecular formula is C13H13NO5S2. The van der Waals surface area contributed by atoms with Crippen molar-refractivity contribution in [3.8, 4) is 5.75 Å². The van der Waals surface area contributed by atoms with Crippen LogP contribution in [0, 0.1) is 6.92 Å². The van der Waals surface area contributed by atoms with Gasteiger partial charge in [-0.15, -0.1) is 11.3 Å². The van der Waals surface area contributed by atoms with Crippen LogP contribution in [-0.4, -0.2) is 26.6 Å². The highest BCUT2D eigenvalue weighted by Gasteiger charge is 2.22. The predicted molar refractivity (Wildman–Crippen MR) is 79.3 cm³/mol. The van der Waals surface area contributed by atoms with Gasteiger partial charge in [0.05, 0.1) is 17.7 Å². The van der Waals surface area contributed by atoms with Crippen LogP contribution >= 0.6 is 11.3 Å². The molecule has 0 unspecified atom stereocenters. The Kier molecular flexibility index (Phi) is 4.19. The van der Waals surface area contributed by atoms with Gasteiger partial charge in [0.25, 0.3) is 10.0 Å². The van der Waals surface area contributed by atoms with E-state index in [1.54, 1.807) is 12.3 Å². The van der Waals surface area contributed by atoms with E-state index >= 15 is 0 Å². The summed E-state index contributed by atoms with van der Waals surface area (Å²) in [6.45, 7) is 1.68. The highest BCUT2D eigenvalue weighted by atomic mass is 32.2. The van der Waals surface area contributed by atoms with E-state index in [1.807, 2.05) is 0 Å². The average molecular weight is 327 g/mol. The number of carbonyl (C=O) groups is 1. The molecule has 2 N–H and O–H groups in total. The molecule has 0 aliphatic heterocycles. The summed E-state index contributed by atoms with van der Waals surface area (Å²) < 4.78 is 31.6. The number of ether oxygens (including phenoxy) is 1. The SMILES string of the molecule is COC(=O)c1scc(C)c1NS(=O)(=O)c1cccc(O)c1. The molecule has 0 saturated heterocycles. The van der Waals surface area contributed by atoms with Crippen molar-refractivity contribution in [3.05, 3.63) is 40.1 Å². The zero-order valence-electron chi connectivity index (χ0n) is 11.3. The van der Waals surface area contributed by atoms with E-state index in [2.05, 4.69) is 9.46 Å². The number of hydrogen-bond acceptors (Lipinski definition) is 6. The van der Waals surface area contributed by atoms with Crippen molar-refractivity contribution in [2.24, 2.45) is 0 Å². The van der Waals surface area contributed by atoms with Crippen LogP contribution in [0.1, 0.15) is 15.2 Å². The molecule has 2 aromatic rings. The molecular weight excluding hydrogens is 314 g/mol. The Balaban J connectivity index is 2.42. The summed E-state index contributed by atoms with van der Waals surface area (Å²) in [5, 5.41) is 11.0. The van der Waals surface area contributed by atoms with Crippen LogP contribution in [0.25, 0.3) is 0 Å². The summed E-state index contributed by atoms with van der Waals surface area (Å²) in [4.78, 5) is 11.7. The fourth-order valence-electron chi connectivity index (χ4n) is 1.66. The van der Waals surface area contributed by atoms with Crippen molar-refractivity contribution in [2.75, 3.05) is 11.8 Å². The molecule has 0 spiro atoms. The van der Waals surface area contributed by atoms with Crippen LogP contribution in [0.3, 0.4) is 0 Å². The van der Waals surface area contributed by atoms with Crippen LogP contribution in [0.2, 0.25) is 0 Å². The van der Waals surface area contributed by atoms with Crippen molar-refractivity contribution in [1.82, 2.24) is 0 Å². The molecule has 0 fully saturated rings. The number of sulfonamides is 1. The van der Waals surface area contributed by atoms with Gasteiger partial charge in [-0.25, -0.2) is 13.2 Å². The van der Waals surface area contributed by atoms with Crippen molar-refractivity contribution < 1.29 is 23.1 Å². The number of thiophene rings is 1. The van der Waals surface area contributed by atoms with Crippen LogP contribution in [0.5, 0.6) is 5.75 Å². The van der Waals surface area contributed by atoms with E-state index in [-0.39, 0.29) is 21.2 Å². The lowest BCUT2D eigenvalue weighted by atomic mass is 10.3. The lowest BCUT2D eigenvalue weighted by Gasteiger charge is -2.10. The fraction of sp³-hybridized carbons (Fsp3) is 0.154. The van der Waals surface area contributed by atoms with Gasteiger partial charge in [-0.05, 0) is 30.0 Å². The minimum atomic E-state index is -3.90. The normalized spacial score (nSPS) is 11.1. The number of hydrogen-bond donors (Lipinski definition) is 2.